The molecule has 0 atom stereocenters. The van der Waals surface area contributed by atoms with Crippen molar-refractivity contribution < 1.29 is 9.63 Å². The highest BCUT2D eigenvalue weighted by atomic mass is 16.7. The fourth-order valence-corrected chi connectivity index (χ4v) is 3.00. The van der Waals surface area contributed by atoms with E-state index in [0.29, 0.717) is 29.6 Å². The van der Waals surface area contributed by atoms with Gasteiger partial charge in [-0.3, -0.25) is 14.4 Å². The van der Waals surface area contributed by atoms with Gasteiger partial charge in [-0.2, -0.15) is 5.26 Å². The fraction of sp³-hybridized carbons (Fsp3) is 0.529. The predicted molar refractivity (Wildman–Crippen MR) is 90.7 cm³/mol. The van der Waals surface area contributed by atoms with E-state index in [-0.39, 0.29) is 18.0 Å². The first-order valence-electron chi connectivity index (χ1n) is 8.26. The molecular weight excluding hydrogens is 322 g/mol. The molecule has 2 aromatic rings. The van der Waals surface area contributed by atoms with Crippen LogP contribution in [0.3, 0.4) is 0 Å². The number of hydroxylamine groups is 2. The van der Waals surface area contributed by atoms with Gasteiger partial charge in [-0.05, 0) is 33.6 Å². The van der Waals surface area contributed by atoms with Gasteiger partial charge in [-0.1, -0.05) is 0 Å². The molecule has 8 nitrogen and oxygen atoms in total. The highest BCUT2D eigenvalue weighted by Gasteiger charge is 2.33. The van der Waals surface area contributed by atoms with Crippen LogP contribution in [0.1, 0.15) is 50.8 Å². The highest BCUT2D eigenvalue weighted by molar-refractivity contribution is 5.84. The minimum atomic E-state index is -0.504. The number of carbonyl (C=O) groups excluding carboxylic acids is 1. The van der Waals surface area contributed by atoms with E-state index in [1.165, 1.54) is 11.4 Å². The Labute approximate surface area is 145 Å². The van der Waals surface area contributed by atoms with Gasteiger partial charge < -0.3 is 9.55 Å². The van der Waals surface area contributed by atoms with Crippen LogP contribution in [0.5, 0.6) is 0 Å². The van der Waals surface area contributed by atoms with Gasteiger partial charge in [0.2, 0.25) is 6.41 Å². The van der Waals surface area contributed by atoms with Crippen molar-refractivity contribution in [1.82, 2.24) is 19.6 Å². The zero-order valence-electron chi connectivity index (χ0n) is 14.6. The first kappa shape index (κ1) is 17.2. The van der Waals surface area contributed by atoms with Crippen molar-refractivity contribution in [3.8, 4) is 6.07 Å². The van der Waals surface area contributed by atoms with Crippen molar-refractivity contribution in [1.29, 1.82) is 5.26 Å². The van der Waals surface area contributed by atoms with E-state index in [2.05, 4.69) is 16.0 Å². The van der Waals surface area contributed by atoms with E-state index in [0.717, 1.165) is 18.5 Å². The third-order valence-corrected chi connectivity index (χ3v) is 4.01. The molecule has 0 bridgehead atoms. The first-order valence-corrected chi connectivity index (χ1v) is 8.26. The number of fused-ring (bicyclic) bond motifs is 1. The second-order valence-electron chi connectivity index (χ2n) is 7.18. The summed E-state index contributed by atoms with van der Waals surface area (Å²) in [5, 5.41) is 10.8. The largest absolute Gasteiger partial charge is 0.335 e. The minimum Gasteiger partial charge on any atom is -0.335 e. The van der Waals surface area contributed by atoms with Crippen LogP contribution in [-0.2, 0) is 16.2 Å². The number of hydrogen-bond donors (Lipinski definition) is 1. The van der Waals surface area contributed by atoms with Crippen LogP contribution in [0.25, 0.3) is 11.0 Å². The Kier molecular flexibility index (Phi) is 4.35. The standard InChI is InChI=1S/C17H21N5O3/c1-17(2,3)25-21(10-23)6-7-22-14(11-4-5-11)12(8-18)13-15(22)16(24)20-9-19-13/h9-11H,4-7H2,1-3H3,(H,19,20,24). The zero-order chi connectivity index (χ0) is 18.2. The van der Waals surface area contributed by atoms with Gasteiger partial charge in [0.05, 0.1) is 24.0 Å². The van der Waals surface area contributed by atoms with Gasteiger partial charge in [0.15, 0.2) is 0 Å². The summed E-state index contributed by atoms with van der Waals surface area (Å²) in [5.74, 6) is 0.261. The van der Waals surface area contributed by atoms with Crippen LogP contribution in [0.2, 0.25) is 0 Å². The molecule has 0 unspecified atom stereocenters. The van der Waals surface area contributed by atoms with Crippen LogP contribution < -0.4 is 5.56 Å². The summed E-state index contributed by atoms with van der Waals surface area (Å²) >= 11 is 0. The molecule has 1 aliphatic rings. The Bertz CT molecular complexity index is 896. The SMILES string of the molecule is CC(C)(C)ON(C=O)CCn1c(C2CC2)c(C#N)c2nc[nH]c(=O)c21. The molecule has 1 fully saturated rings. The summed E-state index contributed by atoms with van der Waals surface area (Å²) in [6, 6.07) is 2.20. The summed E-state index contributed by atoms with van der Waals surface area (Å²) in [5.41, 5.74) is 1.30. The van der Waals surface area contributed by atoms with Crippen molar-refractivity contribution in [2.75, 3.05) is 6.54 Å². The van der Waals surface area contributed by atoms with Crippen molar-refractivity contribution in [2.45, 2.75) is 51.7 Å². The smallest absolute Gasteiger partial charge is 0.275 e. The minimum absolute atomic E-state index is 0.261. The van der Waals surface area contributed by atoms with Crippen molar-refractivity contribution >= 4 is 17.4 Å². The quantitative estimate of drug-likeness (QED) is 0.634. The maximum Gasteiger partial charge on any atom is 0.275 e. The number of aromatic amines is 1. The number of carbonyl (C=O) groups is 1. The summed E-state index contributed by atoms with van der Waals surface area (Å²) in [6.07, 6.45) is 3.91. The molecule has 1 amide bonds. The average molecular weight is 343 g/mol. The number of aromatic nitrogens is 3. The predicted octanol–water partition coefficient (Wildman–Crippen LogP) is 1.66. The molecule has 1 aliphatic carbocycles. The van der Waals surface area contributed by atoms with Gasteiger partial charge in [0.1, 0.15) is 17.1 Å². The molecular formula is C17H21N5O3. The molecule has 2 heterocycles. The molecule has 0 aliphatic heterocycles. The molecule has 1 N–H and O–H groups in total. The molecule has 132 valence electrons. The van der Waals surface area contributed by atoms with Crippen molar-refractivity contribution in [2.24, 2.45) is 0 Å². The normalized spacial score (nSPS) is 14.5. The van der Waals surface area contributed by atoms with E-state index in [4.69, 9.17) is 4.84 Å². The van der Waals surface area contributed by atoms with Gasteiger partial charge >= 0.3 is 0 Å². The van der Waals surface area contributed by atoms with E-state index in [1.54, 1.807) is 0 Å². The maximum atomic E-state index is 12.3. The van der Waals surface area contributed by atoms with Gasteiger partial charge in [0.25, 0.3) is 5.56 Å². The van der Waals surface area contributed by atoms with Crippen LogP contribution in [0.4, 0.5) is 0 Å². The Hall–Kier alpha value is -2.66. The second-order valence-corrected chi connectivity index (χ2v) is 7.18. The summed E-state index contributed by atoms with van der Waals surface area (Å²) in [4.78, 5) is 36.0. The summed E-state index contributed by atoms with van der Waals surface area (Å²) < 4.78 is 1.82. The molecule has 25 heavy (non-hydrogen) atoms. The molecule has 1 saturated carbocycles. The topological polar surface area (TPSA) is 104 Å². The molecule has 8 heteroatoms. The number of nitrogens with one attached hydrogen (secondary N) is 1. The van der Waals surface area contributed by atoms with E-state index < -0.39 is 5.60 Å². The number of rotatable bonds is 6. The Morgan fingerprint density at radius 2 is 2.24 bits per heavy atom. The van der Waals surface area contributed by atoms with Crippen LogP contribution in [0, 0.1) is 11.3 Å². The van der Waals surface area contributed by atoms with Gasteiger partial charge in [-0.15, -0.1) is 0 Å². The van der Waals surface area contributed by atoms with Gasteiger partial charge in [-0.25, -0.2) is 10.0 Å². The Morgan fingerprint density at radius 1 is 1.52 bits per heavy atom. The molecule has 0 saturated heterocycles. The van der Waals surface area contributed by atoms with Crippen molar-refractivity contribution in [3.05, 3.63) is 27.9 Å². The van der Waals surface area contributed by atoms with Crippen LogP contribution in [0.15, 0.2) is 11.1 Å². The second kappa shape index (κ2) is 6.33. The Morgan fingerprint density at radius 3 is 2.80 bits per heavy atom. The first-order chi connectivity index (χ1) is 11.9. The Balaban J connectivity index is 2.01. The third-order valence-electron chi connectivity index (χ3n) is 4.01. The molecule has 0 aromatic carbocycles. The number of H-pyrrole nitrogens is 1. The fourth-order valence-electron chi connectivity index (χ4n) is 3.00. The average Bonchev–Trinajstić information content (AvgIpc) is 3.33. The van der Waals surface area contributed by atoms with Crippen molar-refractivity contribution in [3.63, 3.8) is 0 Å². The lowest BCUT2D eigenvalue weighted by molar-refractivity contribution is -0.216. The molecule has 2 aromatic heterocycles. The van der Waals surface area contributed by atoms with Crippen LogP contribution >= 0.6 is 0 Å². The number of hydrogen-bond acceptors (Lipinski definition) is 5. The third kappa shape index (κ3) is 3.42. The molecule has 0 spiro atoms. The van der Waals surface area contributed by atoms with Crippen LogP contribution in [-0.4, -0.2) is 38.2 Å². The van der Waals surface area contributed by atoms with E-state index >= 15 is 0 Å². The molecule has 0 radical (unpaired) electrons. The number of amides is 1. The zero-order valence-corrected chi connectivity index (χ0v) is 14.6. The van der Waals surface area contributed by atoms with E-state index in [1.807, 2.05) is 25.3 Å². The highest BCUT2D eigenvalue weighted by Crippen LogP contribution is 2.43. The summed E-state index contributed by atoms with van der Waals surface area (Å²) in [7, 11) is 0. The maximum absolute atomic E-state index is 12.3. The lowest BCUT2D eigenvalue weighted by atomic mass is 10.2. The number of nitriles is 1. The molecule has 3 rings (SSSR count). The number of nitrogens with zero attached hydrogens (tertiary/aromatic N) is 4. The lowest BCUT2D eigenvalue weighted by Crippen LogP contribution is -2.35. The monoisotopic (exact) mass is 343 g/mol. The van der Waals surface area contributed by atoms with E-state index in [9.17, 15) is 14.9 Å². The van der Waals surface area contributed by atoms with Gasteiger partial charge in [0, 0.05) is 18.2 Å². The summed E-state index contributed by atoms with van der Waals surface area (Å²) in [6.45, 7) is 6.18. The lowest BCUT2D eigenvalue weighted by Gasteiger charge is -2.27.